The third-order valence-electron chi connectivity index (χ3n) is 12.4. The Kier molecular flexibility index (Phi) is 7.72. The van der Waals surface area contributed by atoms with Crippen LogP contribution in [0.3, 0.4) is 0 Å². The van der Waals surface area contributed by atoms with Gasteiger partial charge in [-0.3, -0.25) is 0 Å². The van der Waals surface area contributed by atoms with E-state index in [1.807, 2.05) is 0 Å². The lowest BCUT2D eigenvalue weighted by atomic mass is 9.64. The third-order valence-corrected chi connectivity index (χ3v) is 12.4. The van der Waals surface area contributed by atoms with E-state index in [2.05, 4.69) is 135 Å². The molecule has 3 aromatic rings. The molecule has 1 spiro atoms. The van der Waals surface area contributed by atoms with Crippen LogP contribution in [0.1, 0.15) is 97.6 Å². The summed E-state index contributed by atoms with van der Waals surface area (Å²) in [5, 5.41) is 0. The van der Waals surface area contributed by atoms with E-state index in [9.17, 15) is 0 Å². The Morgan fingerprint density at radius 3 is 2.64 bits per heavy atom. The van der Waals surface area contributed by atoms with E-state index in [-0.39, 0.29) is 5.41 Å². The molecule has 0 saturated heterocycles. The Hall–Kier alpha value is -4.95. The smallest absolute Gasteiger partial charge is 0.127 e. The first kappa shape index (κ1) is 31.1. The molecule has 2 heteroatoms. The van der Waals surface area contributed by atoms with Gasteiger partial charge >= 0.3 is 0 Å². The van der Waals surface area contributed by atoms with E-state index in [1.165, 1.54) is 59.1 Å². The van der Waals surface area contributed by atoms with Gasteiger partial charge in [0, 0.05) is 17.4 Å². The number of fused-ring (bicyclic) bond motifs is 9. The lowest BCUT2D eigenvalue weighted by Gasteiger charge is -2.38. The molecular formula is C48H46N2. The van der Waals surface area contributed by atoms with Crippen LogP contribution >= 0.6 is 0 Å². The highest BCUT2D eigenvalue weighted by molar-refractivity contribution is 6.03. The molecule has 0 aliphatic heterocycles. The number of amidine groups is 1. The summed E-state index contributed by atoms with van der Waals surface area (Å²) < 4.78 is 0. The number of rotatable bonds is 6. The van der Waals surface area contributed by atoms with Crippen molar-refractivity contribution in [3.63, 3.8) is 0 Å². The molecule has 0 aromatic heterocycles. The van der Waals surface area contributed by atoms with Gasteiger partial charge in [0.05, 0.1) is 11.1 Å². The number of hydrogen-bond acceptors (Lipinski definition) is 1. The second-order valence-electron chi connectivity index (χ2n) is 15.1. The second kappa shape index (κ2) is 12.4. The van der Waals surface area contributed by atoms with E-state index in [0.717, 1.165) is 53.7 Å². The second-order valence-corrected chi connectivity index (χ2v) is 15.1. The first-order valence-corrected chi connectivity index (χ1v) is 18.7. The van der Waals surface area contributed by atoms with Crippen LogP contribution in [0.15, 0.2) is 155 Å². The molecule has 248 valence electrons. The molecule has 0 bridgehead atoms. The van der Waals surface area contributed by atoms with Gasteiger partial charge in [-0.15, -0.1) is 0 Å². The summed E-state index contributed by atoms with van der Waals surface area (Å²) >= 11 is 0. The van der Waals surface area contributed by atoms with Gasteiger partial charge in [-0.1, -0.05) is 133 Å². The first-order chi connectivity index (χ1) is 24.5. The maximum Gasteiger partial charge on any atom is 0.127 e. The van der Waals surface area contributed by atoms with Gasteiger partial charge < -0.3 is 5.73 Å². The zero-order valence-corrected chi connectivity index (χ0v) is 29.2. The number of aliphatic imine (C=N–C) groups is 1. The monoisotopic (exact) mass is 650 g/mol. The van der Waals surface area contributed by atoms with E-state index in [4.69, 9.17) is 10.7 Å². The summed E-state index contributed by atoms with van der Waals surface area (Å²) in [7, 11) is 0. The average Bonchev–Trinajstić information content (AvgIpc) is 3.63. The van der Waals surface area contributed by atoms with Crippen LogP contribution in [0, 0.1) is 11.8 Å². The first-order valence-electron chi connectivity index (χ1n) is 18.7. The molecule has 2 N–H and O–H groups in total. The summed E-state index contributed by atoms with van der Waals surface area (Å²) in [5.41, 5.74) is 24.2. The minimum atomic E-state index is -0.240. The Balaban J connectivity index is 1.15. The molecule has 2 nitrogen and oxygen atoms in total. The fraction of sp³-hybridized carbons (Fsp3) is 0.271. The minimum absolute atomic E-state index is 0.240. The molecule has 3 aromatic carbocycles. The quantitative estimate of drug-likeness (QED) is 0.209. The van der Waals surface area contributed by atoms with Crippen molar-refractivity contribution in [2.45, 2.75) is 69.6 Å². The molecule has 0 amide bonds. The molecule has 0 fully saturated rings. The lowest BCUT2D eigenvalue weighted by molar-refractivity contribution is 0.461. The fourth-order valence-corrected chi connectivity index (χ4v) is 10.1. The van der Waals surface area contributed by atoms with Gasteiger partial charge in [-0.05, 0) is 120 Å². The highest BCUT2D eigenvalue weighted by Gasteiger charge is 2.57. The maximum atomic E-state index is 7.16. The molecule has 0 saturated carbocycles. The normalized spacial score (nSPS) is 26.4. The fourth-order valence-electron chi connectivity index (χ4n) is 10.1. The van der Waals surface area contributed by atoms with Crippen LogP contribution in [-0.4, -0.2) is 5.84 Å². The molecule has 50 heavy (non-hydrogen) atoms. The summed E-state index contributed by atoms with van der Waals surface area (Å²) in [4.78, 5) is 5.34. The average molecular weight is 651 g/mol. The van der Waals surface area contributed by atoms with Crippen LogP contribution in [0.5, 0.6) is 0 Å². The van der Waals surface area contributed by atoms with Gasteiger partial charge in [0.25, 0.3) is 0 Å². The summed E-state index contributed by atoms with van der Waals surface area (Å²) in [6, 6.07) is 27.0. The van der Waals surface area contributed by atoms with Gasteiger partial charge in [-0.2, -0.15) is 0 Å². The van der Waals surface area contributed by atoms with Crippen LogP contribution < -0.4 is 5.73 Å². The lowest BCUT2D eigenvalue weighted by Crippen LogP contribution is -2.34. The molecule has 0 radical (unpaired) electrons. The van der Waals surface area contributed by atoms with Crippen molar-refractivity contribution in [1.82, 2.24) is 0 Å². The number of nitrogens with zero attached hydrogens (tertiary/aromatic N) is 1. The molecule has 6 aliphatic rings. The van der Waals surface area contributed by atoms with Gasteiger partial charge in [0.1, 0.15) is 5.84 Å². The Labute approximate surface area is 297 Å². The highest BCUT2D eigenvalue weighted by Crippen LogP contribution is 2.65. The Bertz CT molecular complexity index is 2170. The predicted octanol–water partition coefficient (Wildman–Crippen LogP) is 11.6. The van der Waals surface area contributed by atoms with E-state index in [1.54, 1.807) is 11.1 Å². The SMILES string of the molecule is C=C(C)c1cccc(/C(=C/CC2CCCC3=C2CCC=C3)N=C(N)C2=CC3=C(CC2)c2ccccc2C32c3ccccc3C3C=CC=C[C@@H]32)c1. The topological polar surface area (TPSA) is 38.4 Å². The zero-order chi connectivity index (χ0) is 33.8. The van der Waals surface area contributed by atoms with E-state index in [0.29, 0.717) is 23.6 Å². The van der Waals surface area contributed by atoms with Crippen LogP contribution in [-0.2, 0) is 5.41 Å². The van der Waals surface area contributed by atoms with Crippen molar-refractivity contribution in [1.29, 1.82) is 0 Å². The van der Waals surface area contributed by atoms with Crippen LogP contribution in [0.4, 0.5) is 0 Å². The van der Waals surface area contributed by atoms with Crippen molar-refractivity contribution in [2.75, 3.05) is 0 Å². The van der Waals surface area contributed by atoms with Crippen molar-refractivity contribution in [2.24, 2.45) is 22.6 Å². The molecule has 9 rings (SSSR count). The van der Waals surface area contributed by atoms with Gasteiger partial charge in [0.15, 0.2) is 0 Å². The van der Waals surface area contributed by atoms with E-state index < -0.39 is 0 Å². The van der Waals surface area contributed by atoms with Gasteiger partial charge in [0.2, 0.25) is 0 Å². The molecule has 6 aliphatic carbocycles. The van der Waals surface area contributed by atoms with Gasteiger partial charge in [-0.25, -0.2) is 4.99 Å². The Morgan fingerprint density at radius 1 is 0.920 bits per heavy atom. The number of hydrogen-bond donors (Lipinski definition) is 1. The van der Waals surface area contributed by atoms with Crippen LogP contribution in [0.25, 0.3) is 16.8 Å². The molecule has 4 atom stereocenters. The number of nitrogens with two attached hydrogens (primary N) is 1. The Morgan fingerprint density at radius 2 is 1.74 bits per heavy atom. The van der Waals surface area contributed by atoms with Crippen LogP contribution in [0.2, 0.25) is 0 Å². The minimum Gasteiger partial charge on any atom is -0.383 e. The highest BCUT2D eigenvalue weighted by atomic mass is 14.9. The van der Waals surface area contributed by atoms with Crippen molar-refractivity contribution in [3.05, 3.63) is 184 Å². The van der Waals surface area contributed by atoms with Crippen molar-refractivity contribution >= 4 is 22.7 Å². The zero-order valence-electron chi connectivity index (χ0n) is 29.2. The maximum absolute atomic E-state index is 7.16. The molecule has 3 unspecified atom stereocenters. The molecule has 0 heterocycles. The third kappa shape index (κ3) is 4.87. The molecular weight excluding hydrogens is 605 g/mol. The van der Waals surface area contributed by atoms with Crippen molar-refractivity contribution in [3.8, 4) is 0 Å². The predicted molar refractivity (Wildman–Crippen MR) is 211 cm³/mol. The van der Waals surface area contributed by atoms with Crippen molar-refractivity contribution < 1.29 is 0 Å². The largest absolute Gasteiger partial charge is 0.383 e. The number of allylic oxidation sites excluding steroid dienone is 13. The standard InChI is InChI=1S/C48H46N2/c1-31(2)34-16-12-17-35(29-34)46(28-26-33-15-11-14-32-13-3-4-18-37(32)33)50-47(49)36-25-27-41-40-21-7-10-24-44(40)48(45(41)30-36)42-22-8-5-19-38(42)39-20-6-9-23-43(39)48/h3,5-10,12-13,16-17,19-24,28-30,33,38,42H,1,4,11,14-15,18,25-27H2,2H3,(H2,49,50)/b46-28-/t33?,38?,42-,48?/m0/s1. The number of benzene rings is 3. The van der Waals surface area contributed by atoms with E-state index >= 15 is 0 Å². The summed E-state index contributed by atoms with van der Waals surface area (Å²) in [6.07, 6.45) is 27.8. The summed E-state index contributed by atoms with van der Waals surface area (Å²) in [6.45, 7) is 6.31. The summed E-state index contributed by atoms with van der Waals surface area (Å²) in [5.74, 6) is 1.88.